The van der Waals surface area contributed by atoms with E-state index in [4.69, 9.17) is 11.6 Å². The SMILES string of the molecule is CC1C(c2cc(C=O)ccc2Cl)CCCC[C@@H]1C. The summed E-state index contributed by atoms with van der Waals surface area (Å²) in [6, 6.07) is 5.64. The molecule has 18 heavy (non-hydrogen) atoms. The van der Waals surface area contributed by atoms with Crippen LogP contribution in [0.1, 0.15) is 61.4 Å². The molecule has 0 radical (unpaired) electrons. The van der Waals surface area contributed by atoms with E-state index in [1.165, 1.54) is 31.2 Å². The fourth-order valence-electron chi connectivity index (χ4n) is 3.11. The van der Waals surface area contributed by atoms with Gasteiger partial charge in [-0.05, 0) is 41.9 Å². The zero-order valence-electron chi connectivity index (χ0n) is 11.2. The van der Waals surface area contributed by atoms with Crippen LogP contribution in [0.2, 0.25) is 5.02 Å². The van der Waals surface area contributed by atoms with Crippen molar-refractivity contribution in [1.82, 2.24) is 0 Å². The minimum absolute atomic E-state index is 0.495. The summed E-state index contributed by atoms with van der Waals surface area (Å²) >= 11 is 6.34. The topological polar surface area (TPSA) is 17.1 Å². The zero-order valence-corrected chi connectivity index (χ0v) is 11.9. The van der Waals surface area contributed by atoms with Gasteiger partial charge in [0.25, 0.3) is 0 Å². The van der Waals surface area contributed by atoms with Crippen LogP contribution >= 0.6 is 11.6 Å². The lowest BCUT2D eigenvalue weighted by atomic mass is 9.78. The summed E-state index contributed by atoms with van der Waals surface area (Å²) < 4.78 is 0. The maximum absolute atomic E-state index is 10.9. The van der Waals surface area contributed by atoms with E-state index in [0.717, 1.165) is 22.8 Å². The first-order chi connectivity index (χ1) is 8.63. The van der Waals surface area contributed by atoms with Gasteiger partial charge < -0.3 is 0 Å². The molecule has 98 valence electrons. The Morgan fingerprint density at radius 3 is 2.67 bits per heavy atom. The molecule has 3 atom stereocenters. The quantitative estimate of drug-likeness (QED) is 0.538. The lowest BCUT2D eigenvalue weighted by molar-refractivity contribution is 0.112. The van der Waals surface area contributed by atoms with Crippen LogP contribution in [0.4, 0.5) is 0 Å². The third kappa shape index (κ3) is 2.77. The molecule has 0 N–H and O–H groups in total. The smallest absolute Gasteiger partial charge is 0.150 e. The fourth-order valence-corrected chi connectivity index (χ4v) is 3.37. The molecule has 0 bridgehead atoms. The monoisotopic (exact) mass is 264 g/mol. The Kier molecular flexibility index (Phi) is 4.45. The van der Waals surface area contributed by atoms with Crippen LogP contribution in [0.25, 0.3) is 0 Å². The minimum atomic E-state index is 0.495. The molecule has 0 aromatic heterocycles. The second-order valence-corrected chi connectivity index (χ2v) is 6.03. The van der Waals surface area contributed by atoms with Crippen molar-refractivity contribution in [2.75, 3.05) is 0 Å². The summed E-state index contributed by atoms with van der Waals surface area (Å²) in [5, 5.41) is 0.812. The predicted octanol–water partition coefficient (Wildman–Crippen LogP) is 5.08. The molecule has 1 aromatic carbocycles. The zero-order chi connectivity index (χ0) is 13.1. The van der Waals surface area contributed by atoms with E-state index in [0.29, 0.717) is 11.8 Å². The summed E-state index contributed by atoms with van der Waals surface area (Å²) in [7, 11) is 0. The van der Waals surface area contributed by atoms with Crippen LogP contribution < -0.4 is 0 Å². The average Bonchev–Trinajstić information content (AvgIpc) is 2.54. The number of rotatable bonds is 2. The van der Waals surface area contributed by atoms with Crippen molar-refractivity contribution in [3.63, 3.8) is 0 Å². The Morgan fingerprint density at radius 1 is 1.22 bits per heavy atom. The number of aldehydes is 1. The second-order valence-electron chi connectivity index (χ2n) is 5.63. The van der Waals surface area contributed by atoms with Gasteiger partial charge in [-0.2, -0.15) is 0 Å². The van der Waals surface area contributed by atoms with Crippen LogP contribution in [-0.2, 0) is 0 Å². The van der Waals surface area contributed by atoms with E-state index in [1.54, 1.807) is 6.07 Å². The van der Waals surface area contributed by atoms with Crippen molar-refractivity contribution in [3.05, 3.63) is 34.3 Å². The van der Waals surface area contributed by atoms with E-state index in [1.807, 2.05) is 12.1 Å². The summed E-state index contributed by atoms with van der Waals surface area (Å²) in [6.45, 7) is 4.66. The fraction of sp³-hybridized carbons (Fsp3) is 0.562. The standard InChI is InChI=1S/C16H21ClO/c1-11-5-3-4-6-14(12(11)2)15-9-13(10-18)7-8-16(15)17/h7-12,14H,3-6H2,1-2H3/t11-,12?,14?/m0/s1. The maximum Gasteiger partial charge on any atom is 0.150 e. The Balaban J connectivity index is 2.36. The normalized spacial score (nSPS) is 28.7. The van der Waals surface area contributed by atoms with Crippen LogP contribution in [0.3, 0.4) is 0 Å². The molecule has 1 aliphatic rings. The van der Waals surface area contributed by atoms with Crippen molar-refractivity contribution < 1.29 is 4.79 Å². The molecule has 1 saturated carbocycles. The first-order valence-corrected chi connectivity index (χ1v) is 7.26. The second kappa shape index (κ2) is 5.88. The van der Waals surface area contributed by atoms with Gasteiger partial charge in [-0.25, -0.2) is 0 Å². The Bertz CT molecular complexity index is 427. The molecule has 0 saturated heterocycles. The van der Waals surface area contributed by atoms with Gasteiger partial charge in [0.2, 0.25) is 0 Å². The third-order valence-corrected chi connectivity index (χ3v) is 4.86. The molecule has 2 heteroatoms. The van der Waals surface area contributed by atoms with Crippen LogP contribution in [0.5, 0.6) is 0 Å². The molecule has 0 aliphatic heterocycles. The molecule has 0 spiro atoms. The van der Waals surface area contributed by atoms with Crippen LogP contribution in [-0.4, -0.2) is 6.29 Å². The first kappa shape index (κ1) is 13.6. The van der Waals surface area contributed by atoms with Gasteiger partial charge in [-0.1, -0.05) is 50.8 Å². The van der Waals surface area contributed by atoms with Gasteiger partial charge in [0.15, 0.2) is 0 Å². The average molecular weight is 265 g/mol. The molecule has 1 nitrogen and oxygen atoms in total. The number of carbonyl (C=O) groups excluding carboxylic acids is 1. The van der Waals surface area contributed by atoms with Gasteiger partial charge in [0.1, 0.15) is 6.29 Å². The lowest BCUT2D eigenvalue weighted by Gasteiger charge is -2.27. The maximum atomic E-state index is 10.9. The van der Waals surface area contributed by atoms with Crippen molar-refractivity contribution >= 4 is 17.9 Å². The van der Waals surface area contributed by atoms with E-state index >= 15 is 0 Å². The summed E-state index contributed by atoms with van der Waals surface area (Å²) in [6.07, 6.45) is 5.98. The van der Waals surface area contributed by atoms with Crippen molar-refractivity contribution in [2.45, 2.75) is 45.4 Å². The number of hydrogen-bond donors (Lipinski definition) is 0. The lowest BCUT2D eigenvalue weighted by Crippen LogP contribution is -2.15. The highest BCUT2D eigenvalue weighted by molar-refractivity contribution is 6.31. The highest BCUT2D eigenvalue weighted by Gasteiger charge is 2.28. The predicted molar refractivity (Wildman–Crippen MR) is 76.4 cm³/mol. The number of hydrogen-bond acceptors (Lipinski definition) is 1. The molecular formula is C16H21ClO. The van der Waals surface area contributed by atoms with Crippen molar-refractivity contribution in [2.24, 2.45) is 11.8 Å². The first-order valence-electron chi connectivity index (χ1n) is 6.88. The van der Waals surface area contributed by atoms with Crippen LogP contribution in [0, 0.1) is 11.8 Å². The highest BCUT2D eigenvalue weighted by Crippen LogP contribution is 2.41. The third-order valence-electron chi connectivity index (χ3n) is 4.51. The van der Waals surface area contributed by atoms with Gasteiger partial charge in [0.05, 0.1) is 0 Å². The summed E-state index contributed by atoms with van der Waals surface area (Å²) in [4.78, 5) is 10.9. The number of halogens is 1. The molecule has 2 unspecified atom stereocenters. The van der Waals surface area contributed by atoms with E-state index in [-0.39, 0.29) is 0 Å². The molecule has 1 aromatic rings. The van der Waals surface area contributed by atoms with Gasteiger partial charge in [0, 0.05) is 10.6 Å². The van der Waals surface area contributed by atoms with Gasteiger partial charge in [-0.15, -0.1) is 0 Å². The number of carbonyl (C=O) groups is 1. The molecule has 0 heterocycles. The Labute approximate surface area is 115 Å². The van der Waals surface area contributed by atoms with Gasteiger partial charge >= 0.3 is 0 Å². The molecular weight excluding hydrogens is 244 g/mol. The van der Waals surface area contributed by atoms with E-state index in [2.05, 4.69) is 13.8 Å². The Hall–Kier alpha value is -0.820. The Morgan fingerprint density at radius 2 is 1.94 bits per heavy atom. The van der Waals surface area contributed by atoms with Gasteiger partial charge in [-0.3, -0.25) is 4.79 Å². The summed E-state index contributed by atoms with van der Waals surface area (Å²) in [5.74, 6) is 1.86. The largest absolute Gasteiger partial charge is 0.298 e. The molecule has 1 aliphatic carbocycles. The van der Waals surface area contributed by atoms with Crippen molar-refractivity contribution in [1.29, 1.82) is 0 Å². The molecule has 1 fully saturated rings. The van der Waals surface area contributed by atoms with Crippen LogP contribution in [0.15, 0.2) is 18.2 Å². The van der Waals surface area contributed by atoms with E-state index < -0.39 is 0 Å². The van der Waals surface area contributed by atoms with Crippen molar-refractivity contribution in [3.8, 4) is 0 Å². The molecule has 2 rings (SSSR count). The minimum Gasteiger partial charge on any atom is -0.298 e. The summed E-state index contributed by atoms with van der Waals surface area (Å²) in [5.41, 5.74) is 1.90. The highest BCUT2D eigenvalue weighted by atomic mass is 35.5. The van der Waals surface area contributed by atoms with E-state index in [9.17, 15) is 4.79 Å². The number of benzene rings is 1. The molecule has 0 amide bonds.